The second-order valence-electron chi connectivity index (χ2n) is 11.7. The van der Waals surface area contributed by atoms with Crippen LogP contribution in [-0.4, -0.2) is 91.8 Å². The smallest absolute Gasteiger partial charge is 0.391 e. The van der Waals surface area contributed by atoms with E-state index in [1.165, 1.54) is 24.8 Å². The Morgan fingerprint density at radius 2 is 1.88 bits per heavy atom. The topological polar surface area (TPSA) is 156 Å². The Morgan fingerprint density at radius 1 is 1.15 bits per heavy atom. The summed E-state index contributed by atoms with van der Waals surface area (Å²) in [7, 11) is 1.48. The second kappa shape index (κ2) is 13.0. The number of anilines is 1. The molecule has 48 heavy (non-hydrogen) atoms. The van der Waals surface area contributed by atoms with E-state index in [-0.39, 0.29) is 73.6 Å². The Morgan fingerprint density at radius 3 is 2.54 bits per heavy atom. The van der Waals surface area contributed by atoms with Crippen molar-refractivity contribution in [1.82, 2.24) is 34.7 Å². The molecule has 6 rings (SSSR count). The van der Waals surface area contributed by atoms with Crippen molar-refractivity contribution in [2.45, 2.75) is 51.9 Å². The molecule has 254 valence electrons. The molecule has 0 atom stereocenters. The number of hydrogen-bond donors (Lipinski definition) is 2. The fourth-order valence-corrected chi connectivity index (χ4v) is 7.18. The highest BCUT2D eigenvalue weighted by Crippen LogP contribution is 2.41. The van der Waals surface area contributed by atoms with Crippen molar-refractivity contribution in [2.75, 3.05) is 38.2 Å². The van der Waals surface area contributed by atoms with Crippen molar-refractivity contribution in [3.63, 3.8) is 0 Å². The fraction of sp³-hybridized carbons (Fsp3) is 0.452. The quantitative estimate of drug-likeness (QED) is 0.282. The predicted octanol–water partition coefficient (Wildman–Crippen LogP) is 3.31. The van der Waals surface area contributed by atoms with Gasteiger partial charge in [-0.2, -0.15) is 13.2 Å². The summed E-state index contributed by atoms with van der Waals surface area (Å²) in [6.45, 7) is 4.19. The van der Waals surface area contributed by atoms with E-state index in [1.807, 2.05) is 11.8 Å². The van der Waals surface area contributed by atoms with Crippen LogP contribution in [-0.2, 0) is 17.8 Å². The van der Waals surface area contributed by atoms with Gasteiger partial charge in [0.15, 0.2) is 11.4 Å². The van der Waals surface area contributed by atoms with Crippen molar-refractivity contribution in [2.24, 2.45) is 5.92 Å². The molecule has 13 nitrogen and oxygen atoms in total. The van der Waals surface area contributed by atoms with Crippen LogP contribution in [0, 0.1) is 12.8 Å². The summed E-state index contributed by atoms with van der Waals surface area (Å²) in [5.41, 5.74) is 1.55. The lowest BCUT2D eigenvalue weighted by atomic mass is 9.80. The van der Waals surface area contributed by atoms with Gasteiger partial charge in [-0.25, -0.2) is 19.9 Å². The largest absolute Gasteiger partial charge is 0.504 e. The Hall–Kier alpha value is -4.80. The Balaban J connectivity index is 1.34. The van der Waals surface area contributed by atoms with Crippen molar-refractivity contribution in [1.29, 1.82) is 0 Å². The summed E-state index contributed by atoms with van der Waals surface area (Å²) in [5, 5.41) is 13.6. The molecule has 4 aromatic heterocycles. The molecule has 2 N–H and O–H groups in total. The van der Waals surface area contributed by atoms with Crippen LogP contribution in [0.25, 0.3) is 20.9 Å². The monoisotopic (exact) mass is 686 g/mol. The fourth-order valence-electron chi connectivity index (χ4n) is 6.09. The zero-order valence-corrected chi connectivity index (χ0v) is 27.2. The number of nitrogens with one attached hydrogen (secondary N) is 1. The zero-order valence-electron chi connectivity index (χ0n) is 26.4. The molecule has 0 unspecified atom stereocenters. The van der Waals surface area contributed by atoms with Crippen LogP contribution in [0.15, 0.2) is 29.5 Å². The summed E-state index contributed by atoms with van der Waals surface area (Å²) in [4.78, 5) is 61.2. The molecule has 0 bridgehead atoms. The standard InChI is InChI=1S/C31H33F3N8O5S/c1-4-20-25(40-7-9-41(10-8-40)29(46)23-26(44)16(2)36-15-37-23)27(45)24-30(48-28(39-24)17-5-6-35-22(11-17)47-3)42(20)14-21(43)38-19-12-18(13-19)31(32,33)34/h5-6,11,15,18-19,44H,4,7-10,12-14H2,1-3H3,(H,38,43). The molecule has 1 aliphatic carbocycles. The van der Waals surface area contributed by atoms with Crippen LogP contribution in [0.3, 0.4) is 0 Å². The molecular weight excluding hydrogens is 653 g/mol. The number of nitrogens with zero attached hydrogens (tertiary/aromatic N) is 7. The normalized spacial score (nSPS) is 18.1. The minimum Gasteiger partial charge on any atom is -0.504 e. The maximum Gasteiger partial charge on any atom is 0.391 e. The maximum atomic E-state index is 14.2. The van der Waals surface area contributed by atoms with Gasteiger partial charge in [0.25, 0.3) is 5.91 Å². The first-order valence-electron chi connectivity index (χ1n) is 15.4. The van der Waals surface area contributed by atoms with Crippen LogP contribution < -0.4 is 20.4 Å². The van der Waals surface area contributed by atoms with Gasteiger partial charge in [-0.3, -0.25) is 14.4 Å². The average Bonchev–Trinajstić information content (AvgIpc) is 3.50. The van der Waals surface area contributed by atoms with Gasteiger partial charge in [0.1, 0.15) is 33.9 Å². The zero-order chi connectivity index (χ0) is 34.3. The van der Waals surface area contributed by atoms with E-state index < -0.39 is 30.0 Å². The van der Waals surface area contributed by atoms with E-state index in [2.05, 4.69) is 20.3 Å². The number of halogens is 3. The number of amides is 2. The molecule has 17 heteroatoms. The van der Waals surface area contributed by atoms with Crippen LogP contribution in [0.2, 0.25) is 0 Å². The van der Waals surface area contributed by atoms with Crippen LogP contribution >= 0.6 is 11.3 Å². The van der Waals surface area contributed by atoms with E-state index >= 15 is 0 Å². The number of methoxy groups -OCH3 is 1. The molecule has 2 fully saturated rings. The number of ether oxygens (including phenoxy) is 1. The van der Waals surface area contributed by atoms with Gasteiger partial charge in [0.2, 0.25) is 17.2 Å². The van der Waals surface area contributed by atoms with Gasteiger partial charge in [-0.15, -0.1) is 0 Å². The Kier molecular flexibility index (Phi) is 8.98. The van der Waals surface area contributed by atoms with Gasteiger partial charge in [0, 0.05) is 55.7 Å². The van der Waals surface area contributed by atoms with Gasteiger partial charge < -0.3 is 29.5 Å². The van der Waals surface area contributed by atoms with Crippen molar-refractivity contribution < 1.29 is 32.6 Å². The third-order valence-electron chi connectivity index (χ3n) is 8.77. The first-order chi connectivity index (χ1) is 22.9. The third kappa shape index (κ3) is 6.25. The molecule has 5 heterocycles. The predicted molar refractivity (Wildman–Crippen MR) is 170 cm³/mol. The SMILES string of the molecule is CCc1c(N2CCN(C(=O)c3ncnc(C)c3O)CC2)c(=O)c2nc(-c3ccnc(OC)c3)sc2n1CC(=O)NC1CC(C(F)(F)F)C1. The van der Waals surface area contributed by atoms with E-state index in [0.717, 1.165) is 0 Å². The van der Waals surface area contributed by atoms with Gasteiger partial charge in [0.05, 0.1) is 18.7 Å². The van der Waals surface area contributed by atoms with E-state index in [1.54, 1.807) is 34.7 Å². The Labute approximate surface area is 276 Å². The number of thiazole rings is 1. The number of alkyl halides is 3. The maximum absolute atomic E-state index is 14.2. The third-order valence-corrected chi connectivity index (χ3v) is 9.90. The molecule has 2 amide bonds. The summed E-state index contributed by atoms with van der Waals surface area (Å²) in [5.74, 6) is -2.30. The number of carbonyl (C=O) groups is 2. The molecular formula is C31H33F3N8O5S. The molecule has 0 aromatic carbocycles. The summed E-state index contributed by atoms with van der Waals surface area (Å²) in [6, 6.07) is 2.82. The second-order valence-corrected chi connectivity index (χ2v) is 12.7. The molecule has 1 aliphatic heterocycles. The number of hydrogen-bond acceptors (Lipinski definition) is 11. The molecule has 2 aliphatic rings. The highest BCUT2D eigenvalue weighted by Gasteiger charge is 2.48. The first kappa shape index (κ1) is 33.1. The lowest BCUT2D eigenvalue weighted by molar-refractivity contribution is -0.199. The van der Waals surface area contributed by atoms with Gasteiger partial charge in [-0.1, -0.05) is 18.3 Å². The minimum absolute atomic E-state index is 0.101. The lowest BCUT2D eigenvalue weighted by Gasteiger charge is -2.37. The summed E-state index contributed by atoms with van der Waals surface area (Å²) >= 11 is 1.22. The van der Waals surface area contributed by atoms with Crippen molar-refractivity contribution in [3.8, 4) is 22.2 Å². The van der Waals surface area contributed by atoms with E-state index in [9.17, 15) is 32.7 Å². The molecule has 1 saturated carbocycles. The van der Waals surface area contributed by atoms with Gasteiger partial charge >= 0.3 is 6.18 Å². The van der Waals surface area contributed by atoms with Crippen molar-refractivity contribution >= 4 is 39.2 Å². The minimum atomic E-state index is -4.30. The first-order valence-corrected chi connectivity index (χ1v) is 16.2. The number of piperazine rings is 1. The molecule has 0 radical (unpaired) electrons. The number of fused-ring (bicyclic) bond motifs is 1. The van der Waals surface area contributed by atoms with Crippen molar-refractivity contribution in [3.05, 3.63) is 52.0 Å². The number of rotatable bonds is 8. The van der Waals surface area contributed by atoms with Gasteiger partial charge in [-0.05, 0) is 32.3 Å². The van der Waals surface area contributed by atoms with Crippen LogP contribution in [0.4, 0.5) is 18.9 Å². The highest BCUT2D eigenvalue weighted by atomic mass is 32.1. The number of carbonyl (C=O) groups excluding carboxylic acids is 2. The highest BCUT2D eigenvalue weighted by molar-refractivity contribution is 7.21. The van der Waals surface area contributed by atoms with E-state index in [0.29, 0.717) is 39.1 Å². The molecule has 1 saturated heterocycles. The lowest BCUT2D eigenvalue weighted by Crippen LogP contribution is -2.51. The molecule has 4 aromatic rings. The summed E-state index contributed by atoms with van der Waals surface area (Å²) in [6.07, 6.45) is -1.53. The van der Waals surface area contributed by atoms with Crippen LogP contribution in [0.1, 0.15) is 41.6 Å². The van der Waals surface area contributed by atoms with Crippen LogP contribution in [0.5, 0.6) is 11.6 Å². The van der Waals surface area contributed by atoms with E-state index in [4.69, 9.17) is 9.72 Å². The average molecular weight is 687 g/mol. The number of aryl methyl sites for hydroxylation is 1. The Bertz CT molecular complexity index is 1930. The number of aromatic nitrogens is 5. The molecule has 0 spiro atoms. The number of pyridine rings is 2. The summed E-state index contributed by atoms with van der Waals surface area (Å²) < 4.78 is 46.2. The number of aromatic hydroxyl groups is 1.